The largest absolute Gasteiger partial charge is 0.481 e. The van der Waals surface area contributed by atoms with Crippen LogP contribution in [0.4, 0.5) is 11.8 Å². The third-order valence-electron chi connectivity index (χ3n) is 6.88. The number of carbonyl (C=O) groups is 1. The van der Waals surface area contributed by atoms with E-state index in [1.807, 2.05) is 0 Å². The van der Waals surface area contributed by atoms with E-state index in [2.05, 4.69) is 23.6 Å². The van der Waals surface area contributed by atoms with Gasteiger partial charge >= 0.3 is 5.97 Å². The number of hydrogen-bond acceptors (Lipinski definition) is 6. The second-order valence-corrected chi connectivity index (χ2v) is 8.42. The molecule has 1 saturated carbocycles. The Morgan fingerprint density at radius 2 is 2.04 bits per heavy atom. The minimum Gasteiger partial charge on any atom is -0.481 e. The average molecular weight is 358 g/mol. The number of piperidine rings is 2. The summed E-state index contributed by atoms with van der Waals surface area (Å²) in [6.45, 7) is 7.67. The van der Waals surface area contributed by atoms with E-state index in [1.165, 1.54) is 6.42 Å². The highest BCUT2D eigenvalue weighted by Crippen LogP contribution is 2.49. The maximum absolute atomic E-state index is 11.1. The zero-order valence-corrected chi connectivity index (χ0v) is 15.4. The van der Waals surface area contributed by atoms with Gasteiger partial charge in [0.25, 0.3) is 0 Å². The number of aliphatic carboxylic acids is 1. The van der Waals surface area contributed by atoms with E-state index in [-0.39, 0.29) is 6.10 Å². The number of hydrogen-bond donors (Lipinski definition) is 1. The Morgan fingerprint density at radius 3 is 2.65 bits per heavy atom. The molecule has 7 heteroatoms. The summed E-state index contributed by atoms with van der Waals surface area (Å²) < 4.78 is 5.85. The van der Waals surface area contributed by atoms with Crippen LogP contribution < -0.4 is 9.80 Å². The van der Waals surface area contributed by atoms with Gasteiger partial charge in [-0.1, -0.05) is 0 Å². The van der Waals surface area contributed by atoms with E-state index in [9.17, 15) is 4.79 Å². The molecule has 26 heavy (non-hydrogen) atoms. The summed E-state index contributed by atoms with van der Waals surface area (Å²) in [7, 11) is 0. The summed E-state index contributed by atoms with van der Waals surface area (Å²) in [6, 6.07) is 0.494. The second kappa shape index (κ2) is 5.81. The smallest absolute Gasteiger partial charge is 0.303 e. The molecule has 2 bridgehead atoms. The minimum absolute atomic E-state index is 0.0150. The summed E-state index contributed by atoms with van der Waals surface area (Å²) in [5.41, 5.74) is 2.16. The molecule has 1 aliphatic carbocycles. The van der Waals surface area contributed by atoms with Crippen LogP contribution in [0.25, 0.3) is 0 Å². The molecule has 140 valence electrons. The molecule has 5 heterocycles. The number of nitrogens with zero attached hydrogens (tertiary/aromatic N) is 4. The van der Waals surface area contributed by atoms with Crippen molar-refractivity contribution in [2.75, 3.05) is 29.4 Å². The first-order valence-electron chi connectivity index (χ1n) is 9.77. The molecule has 5 atom stereocenters. The average Bonchev–Trinajstić information content (AvgIpc) is 2.99. The molecule has 0 spiro atoms. The molecule has 7 nitrogen and oxygen atoms in total. The molecular formula is C19H26N4O3. The number of carboxylic acid groups (broad SMARTS) is 1. The Bertz CT molecular complexity index is 743. The fourth-order valence-corrected chi connectivity index (χ4v) is 5.14. The molecule has 5 aliphatic rings. The standard InChI is InChI=1S/C19H26N4O3/c1-10-3-4-23(10)19-20-17-11(2)26-9-15(17)18(21-19)22-7-12-5-13(8-22)14(12)6-16(24)25/h10-14H,3-9H2,1-2H3,(H,24,25)/t10-,11-,12-,13+,14+/m0/s1. The number of ether oxygens (including phenoxy) is 1. The Hall–Kier alpha value is -1.89. The van der Waals surface area contributed by atoms with Crippen molar-refractivity contribution in [1.82, 2.24) is 9.97 Å². The molecule has 0 unspecified atom stereocenters. The van der Waals surface area contributed by atoms with E-state index in [0.717, 1.165) is 49.1 Å². The van der Waals surface area contributed by atoms with Crippen LogP contribution in [0.1, 0.15) is 50.5 Å². The maximum atomic E-state index is 11.1. The lowest BCUT2D eigenvalue weighted by Crippen LogP contribution is -2.56. The quantitative estimate of drug-likeness (QED) is 0.884. The molecule has 0 amide bonds. The first kappa shape index (κ1) is 16.3. The van der Waals surface area contributed by atoms with Crippen molar-refractivity contribution in [3.63, 3.8) is 0 Å². The summed E-state index contributed by atoms with van der Waals surface area (Å²) in [5.74, 6) is 2.47. The van der Waals surface area contributed by atoms with Crippen LogP contribution in [0.15, 0.2) is 0 Å². The van der Waals surface area contributed by atoms with Gasteiger partial charge in [0.05, 0.1) is 18.4 Å². The van der Waals surface area contributed by atoms with Gasteiger partial charge in [0.2, 0.25) is 5.95 Å². The predicted octanol–water partition coefficient (Wildman–Crippen LogP) is 2.21. The fourth-order valence-electron chi connectivity index (χ4n) is 5.14. The van der Waals surface area contributed by atoms with Crippen LogP contribution in [0.3, 0.4) is 0 Å². The molecule has 1 aromatic heterocycles. The molecule has 0 radical (unpaired) electrons. The van der Waals surface area contributed by atoms with E-state index >= 15 is 0 Å². The first-order chi connectivity index (χ1) is 12.5. The summed E-state index contributed by atoms with van der Waals surface area (Å²) in [4.78, 5) is 25.5. The van der Waals surface area contributed by atoms with Crippen molar-refractivity contribution < 1.29 is 14.6 Å². The Kier molecular flexibility index (Phi) is 3.64. The SMILES string of the molecule is C[C@@H]1OCc2c1nc(N1CC[C@@H]1C)nc2N1C[C@H]2C[C@@H](C1)[C@H]2CC(=O)O. The summed E-state index contributed by atoms with van der Waals surface area (Å²) >= 11 is 0. The van der Waals surface area contributed by atoms with Crippen LogP contribution in [-0.2, 0) is 16.1 Å². The van der Waals surface area contributed by atoms with Gasteiger partial charge in [-0.05, 0) is 44.4 Å². The van der Waals surface area contributed by atoms with Crippen LogP contribution in [0.2, 0.25) is 0 Å². The van der Waals surface area contributed by atoms with Crippen molar-refractivity contribution in [2.24, 2.45) is 17.8 Å². The van der Waals surface area contributed by atoms with E-state index in [0.29, 0.717) is 36.8 Å². The minimum atomic E-state index is -0.669. The van der Waals surface area contributed by atoms with Crippen molar-refractivity contribution in [3.8, 4) is 0 Å². The van der Waals surface area contributed by atoms with Crippen LogP contribution in [0.5, 0.6) is 0 Å². The van der Waals surface area contributed by atoms with Gasteiger partial charge in [0.1, 0.15) is 5.82 Å². The number of rotatable bonds is 4. The lowest BCUT2D eigenvalue weighted by atomic mass is 9.60. The number of anilines is 2. The zero-order valence-electron chi connectivity index (χ0n) is 15.4. The zero-order chi connectivity index (χ0) is 18.0. The highest BCUT2D eigenvalue weighted by atomic mass is 16.5. The maximum Gasteiger partial charge on any atom is 0.303 e. The topological polar surface area (TPSA) is 78.8 Å². The Morgan fingerprint density at radius 1 is 1.27 bits per heavy atom. The highest BCUT2D eigenvalue weighted by molar-refractivity contribution is 5.67. The summed E-state index contributed by atoms with van der Waals surface area (Å²) in [6.07, 6.45) is 2.67. The molecule has 3 saturated heterocycles. The van der Waals surface area contributed by atoms with Crippen LogP contribution in [-0.4, -0.2) is 46.7 Å². The lowest BCUT2D eigenvalue weighted by Gasteiger charge is -2.54. The van der Waals surface area contributed by atoms with E-state index in [1.54, 1.807) is 0 Å². The normalized spacial score (nSPS) is 34.9. The van der Waals surface area contributed by atoms with Crippen molar-refractivity contribution >= 4 is 17.7 Å². The predicted molar refractivity (Wildman–Crippen MR) is 96.2 cm³/mol. The molecule has 1 N–H and O–H groups in total. The molecule has 4 fully saturated rings. The van der Waals surface area contributed by atoms with E-state index < -0.39 is 5.97 Å². The third kappa shape index (κ3) is 2.40. The van der Waals surface area contributed by atoms with Crippen molar-refractivity contribution in [2.45, 2.75) is 51.9 Å². The lowest BCUT2D eigenvalue weighted by molar-refractivity contribution is -0.141. The Labute approximate surface area is 153 Å². The highest BCUT2D eigenvalue weighted by Gasteiger charge is 2.48. The second-order valence-electron chi connectivity index (χ2n) is 8.42. The molecule has 0 aromatic carbocycles. The van der Waals surface area contributed by atoms with Gasteiger partial charge < -0.3 is 19.6 Å². The fraction of sp³-hybridized carbons (Fsp3) is 0.737. The van der Waals surface area contributed by atoms with Crippen LogP contribution >= 0.6 is 0 Å². The van der Waals surface area contributed by atoms with Crippen molar-refractivity contribution in [1.29, 1.82) is 0 Å². The first-order valence-corrected chi connectivity index (χ1v) is 9.77. The van der Waals surface area contributed by atoms with Gasteiger partial charge in [-0.25, -0.2) is 4.98 Å². The van der Waals surface area contributed by atoms with E-state index in [4.69, 9.17) is 19.8 Å². The Balaban J connectivity index is 1.44. The third-order valence-corrected chi connectivity index (χ3v) is 6.88. The van der Waals surface area contributed by atoms with Gasteiger partial charge in [0.15, 0.2) is 0 Å². The molecule has 4 aliphatic heterocycles. The molecular weight excluding hydrogens is 332 g/mol. The van der Waals surface area contributed by atoms with Gasteiger partial charge in [-0.3, -0.25) is 4.79 Å². The monoisotopic (exact) mass is 358 g/mol. The van der Waals surface area contributed by atoms with Crippen LogP contribution in [0, 0.1) is 17.8 Å². The molecule has 6 rings (SSSR count). The number of fused-ring (bicyclic) bond motifs is 3. The number of carboxylic acids is 1. The summed E-state index contributed by atoms with van der Waals surface area (Å²) in [5, 5.41) is 9.14. The van der Waals surface area contributed by atoms with Crippen molar-refractivity contribution in [3.05, 3.63) is 11.3 Å². The van der Waals surface area contributed by atoms with Gasteiger partial charge in [-0.15, -0.1) is 0 Å². The van der Waals surface area contributed by atoms with Gasteiger partial charge in [0, 0.05) is 37.7 Å². The number of aromatic nitrogens is 2. The van der Waals surface area contributed by atoms with Gasteiger partial charge in [-0.2, -0.15) is 4.98 Å². The molecule has 1 aromatic rings.